The molecule has 0 spiro atoms. The molecule has 20 heavy (non-hydrogen) atoms. The van der Waals surface area contributed by atoms with Crippen molar-refractivity contribution in [1.29, 1.82) is 0 Å². The minimum atomic E-state index is -0.340. The molecule has 6 heteroatoms. The highest BCUT2D eigenvalue weighted by atomic mass is 35.5. The number of carbonyl (C=O) groups excluding carboxylic acids is 1. The van der Waals surface area contributed by atoms with E-state index in [-0.39, 0.29) is 18.1 Å². The molecule has 2 amide bonds. The van der Waals surface area contributed by atoms with Crippen molar-refractivity contribution >= 4 is 17.6 Å². The van der Waals surface area contributed by atoms with Crippen LogP contribution >= 0.6 is 11.6 Å². The highest BCUT2D eigenvalue weighted by Crippen LogP contribution is 2.05. The Morgan fingerprint density at radius 3 is 2.75 bits per heavy atom. The Hall–Kier alpha value is -1.33. The van der Waals surface area contributed by atoms with Gasteiger partial charge in [0.15, 0.2) is 0 Å². The lowest BCUT2D eigenvalue weighted by Gasteiger charge is -2.14. The molecule has 1 aromatic heterocycles. The Kier molecular flexibility index (Phi) is 7.33. The van der Waals surface area contributed by atoms with E-state index in [0.29, 0.717) is 31.1 Å². The van der Waals surface area contributed by atoms with Gasteiger partial charge in [0.1, 0.15) is 5.15 Å². The molecule has 0 saturated heterocycles. The summed E-state index contributed by atoms with van der Waals surface area (Å²) >= 11 is 5.69. The highest BCUT2D eigenvalue weighted by molar-refractivity contribution is 6.29. The summed E-state index contributed by atoms with van der Waals surface area (Å²) in [6.45, 7) is 4.84. The van der Waals surface area contributed by atoms with Crippen LogP contribution in [0.25, 0.3) is 0 Å². The topological polar surface area (TPSA) is 74.2 Å². The molecule has 3 N–H and O–H groups in total. The molecular weight excluding hydrogens is 278 g/mol. The first-order valence-electron chi connectivity index (χ1n) is 6.77. The first kappa shape index (κ1) is 16.7. The van der Waals surface area contributed by atoms with Crippen molar-refractivity contribution in [3.8, 4) is 0 Å². The number of halogens is 1. The van der Waals surface area contributed by atoms with Crippen molar-refractivity contribution < 1.29 is 9.90 Å². The van der Waals surface area contributed by atoms with Gasteiger partial charge in [0, 0.05) is 19.3 Å². The Morgan fingerprint density at radius 1 is 1.40 bits per heavy atom. The molecule has 2 unspecified atom stereocenters. The minimum Gasteiger partial charge on any atom is -0.393 e. The van der Waals surface area contributed by atoms with Crippen LogP contribution in [-0.4, -0.2) is 35.3 Å². The standard InChI is InChI=1S/C14H22ClN3O2/c1-10(7-11(2)19)8-18-14(20)16-6-5-12-3-4-13(15)17-9-12/h3-4,9-11,19H,5-8H2,1-2H3,(H2,16,18,20). The number of nitrogens with one attached hydrogen (secondary N) is 2. The second kappa shape index (κ2) is 8.76. The van der Waals surface area contributed by atoms with E-state index < -0.39 is 0 Å². The summed E-state index contributed by atoms with van der Waals surface area (Å²) in [7, 11) is 0. The third-order valence-corrected chi connectivity index (χ3v) is 3.07. The minimum absolute atomic E-state index is 0.190. The van der Waals surface area contributed by atoms with E-state index in [2.05, 4.69) is 15.6 Å². The van der Waals surface area contributed by atoms with Crippen LogP contribution in [0, 0.1) is 5.92 Å². The van der Waals surface area contributed by atoms with Gasteiger partial charge in [-0.2, -0.15) is 0 Å². The van der Waals surface area contributed by atoms with Gasteiger partial charge in [-0.25, -0.2) is 9.78 Å². The van der Waals surface area contributed by atoms with Crippen molar-refractivity contribution in [2.45, 2.75) is 32.8 Å². The summed E-state index contributed by atoms with van der Waals surface area (Å²) in [5.74, 6) is 0.251. The number of nitrogens with zero attached hydrogens (tertiary/aromatic N) is 1. The number of hydrogen-bond acceptors (Lipinski definition) is 3. The fourth-order valence-corrected chi connectivity index (χ4v) is 1.98. The predicted octanol–water partition coefficient (Wildman–Crippen LogP) is 1.98. The quantitative estimate of drug-likeness (QED) is 0.674. The van der Waals surface area contributed by atoms with Crippen LogP contribution in [0.2, 0.25) is 5.15 Å². The van der Waals surface area contributed by atoms with E-state index >= 15 is 0 Å². The van der Waals surface area contributed by atoms with Crippen LogP contribution in [-0.2, 0) is 6.42 Å². The molecule has 0 aliphatic carbocycles. The Labute approximate surface area is 124 Å². The number of carbonyl (C=O) groups is 1. The summed E-state index contributed by atoms with van der Waals surface area (Å²) in [6.07, 6.45) is 2.75. The molecule has 0 radical (unpaired) electrons. The largest absolute Gasteiger partial charge is 0.393 e. The number of urea groups is 1. The molecular formula is C14H22ClN3O2. The number of pyridine rings is 1. The van der Waals surface area contributed by atoms with Gasteiger partial charge in [0.25, 0.3) is 0 Å². The van der Waals surface area contributed by atoms with E-state index in [1.54, 1.807) is 19.2 Å². The van der Waals surface area contributed by atoms with E-state index in [4.69, 9.17) is 11.6 Å². The average Bonchev–Trinajstić information content (AvgIpc) is 2.38. The van der Waals surface area contributed by atoms with E-state index in [1.807, 2.05) is 13.0 Å². The number of hydrogen-bond donors (Lipinski definition) is 3. The summed E-state index contributed by atoms with van der Waals surface area (Å²) in [6, 6.07) is 3.43. The smallest absolute Gasteiger partial charge is 0.314 e. The number of aliphatic hydroxyl groups excluding tert-OH is 1. The van der Waals surface area contributed by atoms with Crippen molar-refractivity contribution in [1.82, 2.24) is 15.6 Å². The maximum Gasteiger partial charge on any atom is 0.314 e. The zero-order chi connectivity index (χ0) is 15.0. The van der Waals surface area contributed by atoms with Gasteiger partial charge in [0.05, 0.1) is 6.10 Å². The fraction of sp³-hybridized carbons (Fsp3) is 0.571. The molecule has 1 rings (SSSR count). The molecule has 112 valence electrons. The highest BCUT2D eigenvalue weighted by Gasteiger charge is 2.07. The monoisotopic (exact) mass is 299 g/mol. The summed E-state index contributed by atoms with van der Waals surface area (Å²) in [5, 5.41) is 15.3. The fourth-order valence-electron chi connectivity index (χ4n) is 1.87. The third kappa shape index (κ3) is 7.31. The molecule has 0 fully saturated rings. The Morgan fingerprint density at radius 2 is 2.15 bits per heavy atom. The summed E-state index contributed by atoms with van der Waals surface area (Å²) in [5.41, 5.74) is 1.03. The Balaban J connectivity index is 2.15. The van der Waals surface area contributed by atoms with Gasteiger partial charge in [-0.05, 0) is 37.3 Å². The number of amides is 2. The van der Waals surface area contributed by atoms with Crippen molar-refractivity contribution in [2.75, 3.05) is 13.1 Å². The molecule has 1 aromatic rings. The zero-order valence-electron chi connectivity index (χ0n) is 11.9. The number of aromatic nitrogens is 1. The second-order valence-corrected chi connectivity index (χ2v) is 5.45. The van der Waals surface area contributed by atoms with Crippen LogP contribution in [0.3, 0.4) is 0 Å². The summed E-state index contributed by atoms with van der Waals surface area (Å²) < 4.78 is 0. The van der Waals surface area contributed by atoms with Crippen LogP contribution in [0.1, 0.15) is 25.8 Å². The molecule has 0 saturated carbocycles. The van der Waals surface area contributed by atoms with E-state index in [0.717, 1.165) is 5.56 Å². The first-order valence-corrected chi connectivity index (χ1v) is 7.15. The van der Waals surface area contributed by atoms with Gasteiger partial charge in [-0.15, -0.1) is 0 Å². The molecule has 2 atom stereocenters. The van der Waals surface area contributed by atoms with Crippen LogP contribution in [0.15, 0.2) is 18.3 Å². The van der Waals surface area contributed by atoms with Gasteiger partial charge in [-0.3, -0.25) is 0 Å². The normalized spacial score (nSPS) is 13.6. The number of aliphatic hydroxyl groups is 1. The van der Waals surface area contributed by atoms with Crippen molar-refractivity contribution in [2.24, 2.45) is 5.92 Å². The second-order valence-electron chi connectivity index (χ2n) is 5.07. The average molecular weight is 300 g/mol. The lowest BCUT2D eigenvalue weighted by Crippen LogP contribution is -2.39. The molecule has 1 heterocycles. The first-order chi connectivity index (χ1) is 9.47. The zero-order valence-corrected chi connectivity index (χ0v) is 12.7. The van der Waals surface area contributed by atoms with Crippen LogP contribution in [0.4, 0.5) is 4.79 Å². The Bertz CT molecular complexity index is 409. The number of rotatable bonds is 7. The molecule has 0 aliphatic rings. The van der Waals surface area contributed by atoms with Gasteiger partial charge < -0.3 is 15.7 Å². The molecule has 0 aromatic carbocycles. The summed E-state index contributed by atoms with van der Waals surface area (Å²) in [4.78, 5) is 15.5. The SMILES string of the molecule is CC(O)CC(C)CNC(=O)NCCc1ccc(Cl)nc1. The maximum atomic E-state index is 11.6. The third-order valence-electron chi connectivity index (χ3n) is 2.84. The molecule has 0 bridgehead atoms. The van der Waals surface area contributed by atoms with Crippen molar-refractivity contribution in [3.05, 3.63) is 29.0 Å². The van der Waals surface area contributed by atoms with Gasteiger partial charge >= 0.3 is 6.03 Å². The van der Waals surface area contributed by atoms with Crippen molar-refractivity contribution in [3.63, 3.8) is 0 Å². The van der Waals surface area contributed by atoms with Gasteiger partial charge in [-0.1, -0.05) is 24.6 Å². The lowest BCUT2D eigenvalue weighted by atomic mass is 10.1. The lowest BCUT2D eigenvalue weighted by molar-refractivity contribution is 0.163. The van der Waals surface area contributed by atoms with Crippen LogP contribution in [0.5, 0.6) is 0 Å². The van der Waals surface area contributed by atoms with Crippen LogP contribution < -0.4 is 10.6 Å². The molecule has 5 nitrogen and oxygen atoms in total. The predicted molar refractivity (Wildman–Crippen MR) is 79.8 cm³/mol. The molecule has 0 aliphatic heterocycles. The van der Waals surface area contributed by atoms with Gasteiger partial charge in [0.2, 0.25) is 0 Å². The van der Waals surface area contributed by atoms with E-state index in [1.165, 1.54) is 0 Å². The maximum absolute atomic E-state index is 11.6. The van der Waals surface area contributed by atoms with E-state index in [9.17, 15) is 9.90 Å².